The number of benzene rings is 2. The van der Waals surface area contributed by atoms with Gasteiger partial charge >= 0.3 is 11.9 Å². The van der Waals surface area contributed by atoms with E-state index in [-0.39, 0.29) is 27.1 Å². The van der Waals surface area contributed by atoms with Gasteiger partial charge in [-0.2, -0.15) is 0 Å². The summed E-state index contributed by atoms with van der Waals surface area (Å²) in [7, 11) is 0. The van der Waals surface area contributed by atoms with Crippen molar-refractivity contribution < 1.29 is 28.7 Å². The lowest BCUT2D eigenvalue weighted by Crippen LogP contribution is -2.41. The first-order valence-electron chi connectivity index (χ1n) is 12.1. The Bertz CT molecular complexity index is 1780. The molecule has 2 aliphatic heterocycles. The van der Waals surface area contributed by atoms with Gasteiger partial charge in [-0.1, -0.05) is 41.7 Å². The minimum atomic E-state index is -0.920. The van der Waals surface area contributed by atoms with Crippen LogP contribution in [-0.2, 0) is 23.9 Å². The molecule has 198 valence electrons. The SMILES string of the molecule is CCOC(=O)C1=C(C)N=c2s/c(=C3/C(=O)N(C(C)=O)c4ccccc43)c(=O)n2[C@H]1c1ccc(OC(C)=O)cc1. The van der Waals surface area contributed by atoms with Gasteiger partial charge in [0.1, 0.15) is 10.3 Å². The Morgan fingerprint density at radius 3 is 2.36 bits per heavy atom. The van der Waals surface area contributed by atoms with Gasteiger partial charge in [-0.05, 0) is 37.6 Å². The number of anilines is 1. The van der Waals surface area contributed by atoms with Gasteiger partial charge in [0, 0.05) is 19.4 Å². The van der Waals surface area contributed by atoms with E-state index in [9.17, 15) is 24.0 Å². The number of carbonyl (C=O) groups excluding carboxylic acids is 4. The number of fused-ring (bicyclic) bond motifs is 2. The summed E-state index contributed by atoms with van der Waals surface area (Å²) in [6.45, 7) is 6.02. The van der Waals surface area contributed by atoms with Crippen LogP contribution in [-0.4, -0.2) is 34.9 Å². The van der Waals surface area contributed by atoms with Crippen LogP contribution in [0.2, 0.25) is 0 Å². The molecule has 2 amide bonds. The van der Waals surface area contributed by atoms with Crippen LogP contribution in [0.15, 0.2) is 69.6 Å². The van der Waals surface area contributed by atoms with Crippen molar-refractivity contribution in [3.63, 3.8) is 0 Å². The molecule has 1 atom stereocenters. The van der Waals surface area contributed by atoms with Gasteiger partial charge in [0.05, 0.1) is 35.2 Å². The fraction of sp³-hybridized carbons (Fsp3) is 0.214. The van der Waals surface area contributed by atoms with Crippen LogP contribution in [0.4, 0.5) is 5.69 Å². The molecule has 5 rings (SSSR count). The average Bonchev–Trinajstić information content (AvgIpc) is 3.35. The topological polar surface area (TPSA) is 124 Å². The molecule has 2 aromatic carbocycles. The van der Waals surface area contributed by atoms with Crippen molar-refractivity contribution in [3.05, 3.63) is 90.6 Å². The summed E-state index contributed by atoms with van der Waals surface area (Å²) in [5.41, 5.74) is 1.51. The van der Waals surface area contributed by atoms with E-state index in [4.69, 9.17) is 9.47 Å². The molecule has 0 N–H and O–H groups in total. The van der Waals surface area contributed by atoms with Gasteiger partial charge in [-0.3, -0.25) is 23.7 Å². The maximum Gasteiger partial charge on any atom is 0.338 e. The number of rotatable bonds is 4. The number of aromatic nitrogens is 1. The third kappa shape index (κ3) is 4.30. The van der Waals surface area contributed by atoms with E-state index < -0.39 is 35.4 Å². The lowest BCUT2D eigenvalue weighted by molar-refractivity contribution is -0.139. The molecule has 0 unspecified atom stereocenters. The molecule has 2 aliphatic rings. The second-order valence-corrected chi connectivity index (χ2v) is 9.81. The first-order valence-corrected chi connectivity index (χ1v) is 12.9. The number of esters is 2. The fourth-order valence-corrected chi connectivity index (χ4v) is 5.93. The maximum absolute atomic E-state index is 14.1. The van der Waals surface area contributed by atoms with Crippen molar-refractivity contribution in [2.45, 2.75) is 33.7 Å². The molecule has 3 heterocycles. The molecule has 0 spiro atoms. The monoisotopic (exact) mass is 545 g/mol. The van der Waals surface area contributed by atoms with Gasteiger partial charge in [-0.15, -0.1) is 0 Å². The summed E-state index contributed by atoms with van der Waals surface area (Å²) in [5.74, 6) is -1.88. The molecule has 10 nitrogen and oxygen atoms in total. The largest absolute Gasteiger partial charge is 0.463 e. The van der Waals surface area contributed by atoms with Crippen molar-refractivity contribution in [1.29, 1.82) is 0 Å². The highest BCUT2D eigenvalue weighted by molar-refractivity contribution is 7.07. The van der Waals surface area contributed by atoms with Gasteiger partial charge in [0.2, 0.25) is 5.91 Å². The van der Waals surface area contributed by atoms with Gasteiger partial charge in [-0.25, -0.2) is 14.7 Å². The summed E-state index contributed by atoms with van der Waals surface area (Å²) in [6.07, 6.45) is 0. The Balaban J connectivity index is 1.78. The van der Waals surface area contributed by atoms with Gasteiger partial charge in [0.15, 0.2) is 4.80 Å². The molecule has 3 aromatic rings. The molecule has 0 radical (unpaired) electrons. The van der Waals surface area contributed by atoms with Gasteiger partial charge in [0.25, 0.3) is 11.5 Å². The summed E-state index contributed by atoms with van der Waals surface area (Å²) in [5, 5.41) is 0. The first-order chi connectivity index (χ1) is 18.6. The van der Waals surface area contributed by atoms with Crippen LogP contribution < -0.4 is 24.5 Å². The number of ether oxygens (including phenoxy) is 2. The lowest BCUT2D eigenvalue weighted by atomic mass is 9.96. The fourth-order valence-electron chi connectivity index (χ4n) is 4.79. The van der Waals surface area contributed by atoms with E-state index in [1.54, 1.807) is 62.4 Å². The number of allylic oxidation sites excluding steroid dienone is 1. The Labute approximate surface area is 226 Å². The van der Waals surface area contributed by atoms with Crippen LogP contribution in [0.5, 0.6) is 5.75 Å². The Morgan fingerprint density at radius 1 is 1.03 bits per heavy atom. The number of thiazole rings is 1. The number of imide groups is 1. The molecule has 39 heavy (non-hydrogen) atoms. The molecular weight excluding hydrogens is 522 g/mol. The zero-order valence-corrected chi connectivity index (χ0v) is 22.3. The van der Waals surface area contributed by atoms with E-state index in [1.807, 2.05) is 0 Å². The standard InChI is InChI=1S/C28H23N3O7S/c1-5-37-27(36)21-14(2)29-28-31(23(21)17-10-12-18(13-11-17)38-16(4)33)26(35)24(39-28)22-19-8-6-7-9-20(19)30(15(3)32)25(22)34/h6-13,23H,5H2,1-4H3/b24-22+/t23-/m0/s1. The van der Waals surface area contributed by atoms with Crippen LogP contribution in [0.25, 0.3) is 5.57 Å². The number of nitrogens with zero attached hydrogens (tertiary/aromatic N) is 3. The molecular formula is C28H23N3O7S. The second kappa shape index (κ2) is 9.91. The summed E-state index contributed by atoms with van der Waals surface area (Å²) in [6, 6.07) is 12.3. The van der Waals surface area contributed by atoms with Crippen molar-refractivity contribution in [3.8, 4) is 5.75 Å². The van der Waals surface area contributed by atoms with E-state index in [2.05, 4.69) is 4.99 Å². The van der Waals surface area contributed by atoms with E-state index in [0.717, 1.165) is 16.2 Å². The number of hydrogen-bond donors (Lipinski definition) is 0. The maximum atomic E-state index is 14.1. The van der Waals surface area contributed by atoms with Crippen molar-refractivity contribution in [1.82, 2.24) is 4.57 Å². The van der Waals surface area contributed by atoms with E-state index in [1.165, 1.54) is 18.4 Å². The number of para-hydroxylation sites is 1. The Morgan fingerprint density at radius 2 is 1.72 bits per heavy atom. The number of amides is 2. The summed E-state index contributed by atoms with van der Waals surface area (Å²) >= 11 is 1.01. The lowest BCUT2D eigenvalue weighted by Gasteiger charge is -2.24. The Kier molecular flexibility index (Phi) is 6.61. The minimum Gasteiger partial charge on any atom is -0.463 e. The smallest absolute Gasteiger partial charge is 0.338 e. The predicted octanol–water partition coefficient (Wildman–Crippen LogP) is 1.99. The zero-order valence-electron chi connectivity index (χ0n) is 21.5. The highest BCUT2D eigenvalue weighted by Gasteiger charge is 2.38. The normalized spacial score (nSPS) is 17.4. The minimum absolute atomic E-state index is 0.104. The van der Waals surface area contributed by atoms with Gasteiger partial charge < -0.3 is 9.47 Å². The third-order valence-corrected chi connectivity index (χ3v) is 7.38. The molecule has 0 saturated carbocycles. The van der Waals surface area contributed by atoms with Crippen LogP contribution in [0.1, 0.15) is 44.9 Å². The van der Waals surface area contributed by atoms with Crippen LogP contribution >= 0.6 is 11.3 Å². The second-order valence-electron chi connectivity index (χ2n) is 8.84. The van der Waals surface area contributed by atoms with Crippen molar-refractivity contribution in [2.75, 3.05) is 11.5 Å². The predicted molar refractivity (Wildman–Crippen MR) is 142 cm³/mol. The van der Waals surface area contributed by atoms with E-state index >= 15 is 0 Å². The third-order valence-electron chi connectivity index (χ3n) is 6.32. The highest BCUT2D eigenvalue weighted by Crippen LogP contribution is 2.36. The Hall–Kier alpha value is -4.64. The average molecular weight is 546 g/mol. The highest BCUT2D eigenvalue weighted by atomic mass is 32.1. The first kappa shape index (κ1) is 26.0. The van der Waals surface area contributed by atoms with Crippen molar-refractivity contribution in [2.24, 2.45) is 4.99 Å². The van der Waals surface area contributed by atoms with E-state index in [0.29, 0.717) is 28.3 Å². The number of hydrogen-bond acceptors (Lipinski definition) is 9. The molecule has 0 bridgehead atoms. The van der Waals surface area contributed by atoms with Crippen LogP contribution in [0, 0.1) is 0 Å². The zero-order chi connectivity index (χ0) is 28.0. The molecule has 11 heteroatoms. The summed E-state index contributed by atoms with van der Waals surface area (Å²) in [4.78, 5) is 70.2. The number of carbonyl (C=O) groups is 4. The van der Waals surface area contributed by atoms with Crippen LogP contribution in [0.3, 0.4) is 0 Å². The molecule has 0 saturated heterocycles. The molecule has 0 aliphatic carbocycles. The van der Waals surface area contributed by atoms with Crippen molar-refractivity contribution >= 4 is 46.4 Å². The molecule has 1 aromatic heterocycles. The molecule has 0 fully saturated rings. The summed E-state index contributed by atoms with van der Waals surface area (Å²) < 4.78 is 11.9. The quantitative estimate of drug-likeness (QED) is 0.363.